The molecule has 0 radical (unpaired) electrons. The molecule has 1 aromatic carbocycles. The molecule has 118 valence electrons. The Bertz CT molecular complexity index is 561. The van der Waals surface area contributed by atoms with E-state index in [4.69, 9.17) is 0 Å². The highest BCUT2D eigenvalue weighted by atomic mass is 16.2. The van der Waals surface area contributed by atoms with Gasteiger partial charge in [0.05, 0.1) is 6.54 Å². The first-order valence-corrected chi connectivity index (χ1v) is 7.99. The summed E-state index contributed by atoms with van der Waals surface area (Å²) in [4.78, 5) is 28.3. The molecule has 1 aliphatic carbocycles. The van der Waals surface area contributed by atoms with Crippen LogP contribution in [-0.4, -0.2) is 60.4 Å². The molecule has 2 fully saturated rings. The molecule has 0 atom stereocenters. The van der Waals surface area contributed by atoms with Crippen LogP contribution in [0.5, 0.6) is 0 Å². The van der Waals surface area contributed by atoms with Gasteiger partial charge in [-0.2, -0.15) is 0 Å². The molecule has 2 aliphatic rings. The van der Waals surface area contributed by atoms with Gasteiger partial charge in [-0.05, 0) is 31.9 Å². The van der Waals surface area contributed by atoms with Gasteiger partial charge < -0.3 is 10.2 Å². The Morgan fingerprint density at radius 1 is 1.18 bits per heavy atom. The summed E-state index contributed by atoms with van der Waals surface area (Å²) in [6.45, 7) is 5.33. The van der Waals surface area contributed by atoms with E-state index in [2.05, 4.69) is 10.2 Å². The van der Waals surface area contributed by atoms with E-state index < -0.39 is 0 Å². The molecule has 2 amide bonds. The van der Waals surface area contributed by atoms with Crippen molar-refractivity contribution < 1.29 is 9.59 Å². The Morgan fingerprint density at radius 2 is 1.91 bits per heavy atom. The van der Waals surface area contributed by atoms with Crippen molar-refractivity contribution in [2.75, 3.05) is 32.7 Å². The first-order valence-electron chi connectivity index (χ1n) is 7.99. The van der Waals surface area contributed by atoms with Crippen molar-refractivity contribution in [1.82, 2.24) is 15.1 Å². The molecule has 0 aromatic heterocycles. The molecule has 0 unspecified atom stereocenters. The average Bonchev–Trinajstić information content (AvgIpc) is 3.31. The fourth-order valence-electron chi connectivity index (χ4n) is 2.77. The molecule has 5 nitrogen and oxygen atoms in total. The van der Waals surface area contributed by atoms with E-state index in [9.17, 15) is 9.59 Å². The van der Waals surface area contributed by atoms with Crippen LogP contribution in [0, 0.1) is 6.92 Å². The second-order valence-electron chi connectivity index (χ2n) is 6.28. The predicted molar refractivity (Wildman–Crippen MR) is 84.7 cm³/mol. The van der Waals surface area contributed by atoms with Crippen LogP contribution in [0.1, 0.15) is 28.8 Å². The molecule has 1 aliphatic heterocycles. The molecule has 3 rings (SSSR count). The summed E-state index contributed by atoms with van der Waals surface area (Å²) in [5, 5.41) is 3.01. The number of nitrogens with one attached hydrogen (secondary N) is 1. The quantitative estimate of drug-likeness (QED) is 0.904. The van der Waals surface area contributed by atoms with Crippen LogP contribution in [0.3, 0.4) is 0 Å². The monoisotopic (exact) mass is 301 g/mol. The lowest BCUT2D eigenvalue weighted by atomic mass is 10.1. The van der Waals surface area contributed by atoms with Gasteiger partial charge in [0.1, 0.15) is 0 Å². The molecule has 5 heteroatoms. The number of piperazine rings is 1. The predicted octanol–water partition coefficient (Wildman–Crippen LogP) is 1.03. The van der Waals surface area contributed by atoms with Crippen molar-refractivity contribution in [3.8, 4) is 0 Å². The third kappa shape index (κ3) is 3.85. The summed E-state index contributed by atoms with van der Waals surface area (Å²) in [5.41, 5.74) is 1.85. The largest absolute Gasteiger partial charge is 0.352 e. The van der Waals surface area contributed by atoms with Crippen LogP contribution >= 0.6 is 0 Å². The number of carbonyl (C=O) groups is 2. The van der Waals surface area contributed by atoms with E-state index in [-0.39, 0.29) is 11.8 Å². The molecule has 1 saturated carbocycles. The number of carbonyl (C=O) groups excluding carboxylic acids is 2. The third-order valence-corrected chi connectivity index (χ3v) is 4.23. The number of benzene rings is 1. The topological polar surface area (TPSA) is 52.7 Å². The van der Waals surface area contributed by atoms with Crippen molar-refractivity contribution in [1.29, 1.82) is 0 Å². The molecule has 1 aromatic rings. The van der Waals surface area contributed by atoms with E-state index in [1.54, 1.807) is 0 Å². The standard InChI is InChI=1S/C17H23N3O2/c1-13-3-2-4-14(11-13)17(22)20-9-7-19(8-10-20)12-16(21)18-15-5-6-15/h2-4,11,15H,5-10,12H2,1H3,(H,18,21). The summed E-state index contributed by atoms with van der Waals surface area (Å²) in [5.74, 6) is 0.201. The molecule has 1 saturated heterocycles. The van der Waals surface area contributed by atoms with Gasteiger partial charge in [0.2, 0.25) is 5.91 Å². The summed E-state index contributed by atoms with van der Waals surface area (Å²) >= 11 is 0. The lowest BCUT2D eigenvalue weighted by molar-refractivity contribution is -0.122. The highest BCUT2D eigenvalue weighted by molar-refractivity contribution is 5.94. The number of hydrogen-bond acceptors (Lipinski definition) is 3. The average molecular weight is 301 g/mol. The molecular weight excluding hydrogens is 278 g/mol. The van der Waals surface area contributed by atoms with E-state index in [0.29, 0.717) is 25.7 Å². The Morgan fingerprint density at radius 3 is 2.55 bits per heavy atom. The Hall–Kier alpha value is -1.88. The Balaban J connectivity index is 1.48. The fourth-order valence-corrected chi connectivity index (χ4v) is 2.77. The highest BCUT2D eigenvalue weighted by Crippen LogP contribution is 2.18. The van der Waals surface area contributed by atoms with Gasteiger partial charge in [-0.3, -0.25) is 14.5 Å². The van der Waals surface area contributed by atoms with Crippen molar-refractivity contribution in [3.63, 3.8) is 0 Å². The number of nitrogens with zero attached hydrogens (tertiary/aromatic N) is 2. The minimum Gasteiger partial charge on any atom is -0.352 e. The summed E-state index contributed by atoms with van der Waals surface area (Å²) in [6, 6.07) is 8.12. The maximum absolute atomic E-state index is 12.5. The van der Waals surface area contributed by atoms with Crippen LogP contribution in [-0.2, 0) is 4.79 Å². The van der Waals surface area contributed by atoms with E-state index in [1.165, 1.54) is 0 Å². The minimum atomic E-state index is 0.0887. The van der Waals surface area contributed by atoms with Crippen molar-refractivity contribution in [2.24, 2.45) is 0 Å². The molecule has 0 spiro atoms. The molecule has 0 bridgehead atoms. The number of amides is 2. The van der Waals surface area contributed by atoms with Crippen LogP contribution < -0.4 is 5.32 Å². The maximum Gasteiger partial charge on any atom is 0.253 e. The van der Waals surface area contributed by atoms with Gasteiger partial charge in [-0.15, -0.1) is 0 Å². The van der Waals surface area contributed by atoms with Gasteiger partial charge in [0, 0.05) is 37.8 Å². The van der Waals surface area contributed by atoms with Crippen LogP contribution in [0.2, 0.25) is 0 Å². The summed E-state index contributed by atoms with van der Waals surface area (Å²) < 4.78 is 0. The highest BCUT2D eigenvalue weighted by Gasteiger charge is 2.26. The maximum atomic E-state index is 12.5. The zero-order valence-electron chi connectivity index (χ0n) is 13.0. The van der Waals surface area contributed by atoms with Gasteiger partial charge in [-0.25, -0.2) is 0 Å². The molecule has 1 N–H and O–H groups in total. The smallest absolute Gasteiger partial charge is 0.253 e. The zero-order chi connectivity index (χ0) is 15.5. The van der Waals surface area contributed by atoms with E-state index >= 15 is 0 Å². The SMILES string of the molecule is Cc1cccc(C(=O)N2CCN(CC(=O)NC3CC3)CC2)c1. The zero-order valence-corrected chi connectivity index (χ0v) is 13.0. The second-order valence-corrected chi connectivity index (χ2v) is 6.28. The van der Waals surface area contributed by atoms with Crippen molar-refractivity contribution in [3.05, 3.63) is 35.4 Å². The second kappa shape index (κ2) is 6.48. The lowest BCUT2D eigenvalue weighted by Gasteiger charge is -2.34. The van der Waals surface area contributed by atoms with Gasteiger partial charge in [0.25, 0.3) is 5.91 Å². The lowest BCUT2D eigenvalue weighted by Crippen LogP contribution is -2.51. The van der Waals surface area contributed by atoms with Crippen molar-refractivity contribution in [2.45, 2.75) is 25.8 Å². The van der Waals surface area contributed by atoms with Gasteiger partial charge in [0.15, 0.2) is 0 Å². The van der Waals surface area contributed by atoms with Crippen LogP contribution in [0.4, 0.5) is 0 Å². The fraction of sp³-hybridized carbons (Fsp3) is 0.529. The molecular formula is C17H23N3O2. The summed E-state index contributed by atoms with van der Waals surface area (Å²) in [6.07, 6.45) is 2.23. The van der Waals surface area contributed by atoms with Crippen molar-refractivity contribution >= 4 is 11.8 Å². The van der Waals surface area contributed by atoms with E-state index in [0.717, 1.165) is 37.1 Å². The third-order valence-electron chi connectivity index (χ3n) is 4.23. The molecule has 1 heterocycles. The Kier molecular flexibility index (Phi) is 4.43. The summed E-state index contributed by atoms with van der Waals surface area (Å²) in [7, 11) is 0. The number of rotatable bonds is 4. The number of hydrogen-bond donors (Lipinski definition) is 1. The first kappa shape index (κ1) is 15.0. The van der Waals surface area contributed by atoms with Crippen LogP contribution in [0.15, 0.2) is 24.3 Å². The first-order chi connectivity index (χ1) is 10.6. The van der Waals surface area contributed by atoms with E-state index in [1.807, 2.05) is 36.1 Å². The van der Waals surface area contributed by atoms with Gasteiger partial charge >= 0.3 is 0 Å². The molecule has 22 heavy (non-hydrogen) atoms. The van der Waals surface area contributed by atoms with Gasteiger partial charge in [-0.1, -0.05) is 17.7 Å². The normalized spacial score (nSPS) is 19.0. The minimum absolute atomic E-state index is 0.0887. The van der Waals surface area contributed by atoms with Crippen LogP contribution in [0.25, 0.3) is 0 Å². The number of aryl methyl sites for hydroxylation is 1. The Labute approximate surface area is 131 Å².